The molecule has 80 valence electrons. The van der Waals surface area contributed by atoms with Crippen molar-refractivity contribution in [3.05, 3.63) is 21.0 Å². The minimum absolute atomic E-state index is 0.180. The molecular formula is C10H12BrN3O. The molecule has 5 heteroatoms. The molecule has 0 saturated heterocycles. The molecule has 0 unspecified atom stereocenters. The van der Waals surface area contributed by atoms with Crippen molar-refractivity contribution in [1.29, 1.82) is 0 Å². The first kappa shape index (κ1) is 11.8. The molecule has 1 heterocycles. The second-order valence-corrected chi connectivity index (χ2v) is 4.13. The fourth-order valence-corrected chi connectivity index (χ4v) is 1.50. The number of aromatic nitrogens is 2. The van der Waals surface area contributed by atoms with Gasteiger partial charge in [-0.1, -0.05) is 5.92 Å². The summed E-state index contributed by atoms with van der Waals surface area (Å²) in [5.74, 6) is 2.37. The highest BCUT2D eigenvalue weighted by molar-refractivity contribution is 9.10. The van der Waals surface area contributed by atoms with Gasteiger partial charge >= 0.3 is 0 Å². The fraction of sp³-hybridized carbons (Fsp3) is 0.400. The Morgan fingerprint density at radius 2 is 2.40 bits per heavy atom. The lowest BCUT2D eigenvalue weighted by Gasteiger charge is -2.11. The number of rotatable bonds is 3. The fourth-order valence-electron chi connectivity index (χ4n) is 1.08. The van der Waals surface area contributed by atoms with Crippen molar-refractivity contribution in [2.24, 2.45) is 0 Å². The first-order valence-corrected chi connectivity index (χ1v) is 5.31. The summed E-state index contributed by atoms with van der Waals surface area (Å²) in [6.45, 7) is 4.15. The van der Waals surface area contributed by atoms with Crippen LogP contribution in [0.3, 0.4) is 0 Å². The van der Waals surface area contributed by atoms with E-state index in [-0.39, 0.29) is 18.1 Å². The van der Waals surface area contributed by atoms with Gasteiger partial charge in [0.15, 0.2) is 0 Å². The van der Waals surface area contributed by atoms with Crippen LogP contribution in [0.4, 0.5) is 5.69 Å². The van der Waals surface area contributed by atoms with E-state index >= 15 is 0 Å². The third kappa shape index (κ3) is 2.83. The quantitative estimate of drug-likeness (QED) is 0.846. The largest absolute Gasteiger partial charge is 0.380 e. The lowest BCUT2D eigenvalue weighted by Crippen LogP contribution is -2.25. The van der Waals surface area contributed by atoms with Crippen molar-refractivity contribution in [3.8, 4) is 12.3 Å². The molecule has 1 rings (SSSR count). The minimum atomic E-state index is -0.224. The van der Waals surface area contributed by atoms with Crippen LogP contribution in [0, 0.1) is 12.3 Å². The smallest absolute Gasteiger partial charge is 0.284 e. The van der Waals surface area contributed by atoms with Gasteiger partial charge in [0, 0.05) is 6.04 Å². The van der Waals surface area contributed by atoms with Crippen LogP contribution in [0.1, 0.15) is 13.8 Å². The summed E-state index contributed by atoms with van der Waals surface area (Å²) in [7, 11) is 0. The van der Waals surface area contributed by atoms with Crippen molar-refractivity contribution >= 4 is 21.6 Å². The van der Waals surface area contributed by atoms with Gasteiger partial charge in [-0.3, -0.25) is 4.79 Å². The van der Waals surface area contributed by atoms with E-state index in [1.54, 1.807) is 6.20 Å². The molecule has 1 aromatic rings. The summed E-state index contributed by atoms with van der Waals surface area (Å²) in [6, 6.07) is 0.242. The standard InChI is InChI=1S/C10H12BrN3O/c1-4-5-14-10(15)9(11)8(6-12-14)13-7(2)3/h1,6-7,13H,5H2,2-3H3. The van der Waals surface area contributed by atoms with Crippen LogP contribution in [0.5, 0.6) is 0 Å². The van der Waals surface area contributed by atoms with Crippen LogP contribution in [-0.4, -0.2) is 15.8 Å². The average molecular weight is 270 g/mol. The molecule has 0 fully saturated rings. The predicted molar refractivity (Wildman–Crippen MR) is 63.8 cm³/mol. The van der Waals surface area contributed by atoms with Gasteiger partial charge in [-0.25, -0.2) is 4.68 Å². The number of nitrogens with zero attached hydrogens (tertiary/aromatic N) is 2. The molecule has 0 aliphatic rings. The number of hydrogen-bond donors (Lipinski definition) is 1. The van der Waals surface area contributed by atoms with Gasteiger partial charge in [-0.05, 0) is 29.8 Å². The van der Waals surface area contributed by atoms with Gasteiger partial charge in [0.05, 0.1) is 11.9 Å². The Hall–Kier alpha value is -1.28. The molecule has 0 aromatic carbocycles. The second kappa shape index (κ2) is 4.99. The maximum Gasteiger partial charge on any atom is 0.284 e. The number of terminal acetylenes is 1. The second-order valence-electron chi connectivity index (χ2n) is 3.34. The normalized spacial score (nSPS) is 10.1. The molecule has 0 bridgehead atoms. The first-order valence-electron chi connectivity index (χ1n) is 4.52. The number of halogens is 1. The number of nitrogens with one attached hydrogen (secondary N) is 1. The lowest BCUT2D eigenvalue weighted by molar-refractivity contribution is 0.658. The molecule has 4 nitrogen and oxygen atoms in total. The van der Waals surface area contributed by atoms with Crippen LogP contribution in [0.25, 0.3) is 0 Å². The maximum atomic E-state index is 11.7. The number of anilines is 1. The summed E-state index contributed by atoms with van der Waals surface area (Å²) in [6.07, 6.45) is 6.70. The van der Waals surface area contributed by atoms with Crippen LogP contribution in [0.2, 0.25) is 0 Å². The third-order valence-electron chi connectivity index (χ3n) is 1.67. The van der Waals surface area contributed by atoms with Gasteiger partial charge in [0.25, 0.3) is 5.56 Å². The Balaban J connectivity index is 3.11. The van der Waals surface area contributed by atoms with Gasteiger partial charge in [0.1, 0.15) is 11.0 Å². The van der Waals surface area contributed by atoms with Crippen molar-refractivity contribution < 1.29 is 0 Å². The molecular weight excluding hydrogens is 258 g/mol. The zero-order chi connectivity index (χ0) is 11.4. The SMILES string of the molecule is C#CCn1ncc(NC(C)C)c(Br)c1=O. The van der Waals surface area contributed by atoms with Gasteiger partial charge < -0.3 is 5.32 Å². The Morgan fingerprint density at radius 1 is 1.73 bits per heavy atom. The highest BCUT2D eigenvalue weighted by Crippen LogP contribution is 2.16. The molecule has 0 radical (unpaired) electrons. The van der Waals surface area contributed by atoms with Crippen LogP contribution in [-0.2, 0) is 6.54 Å². The minimum Gasteiger partial charge on any atom is -0.380 e. The Morgan fingerprint density at radius 3 is 2.93 bits per heavy atom. The molecule has 15 heavy (non-hydrogen) atoms. The van der Waals surface area contributed by atoms with Gasteiger partial charge in [-0.2, -0.15) is 5.10 Å². The average Bonchev–Trinajstić information content (AvgIpc) is 2.17. The van der Waals surface area contributed by atoms with E-state index in [1.165, 1.54) is 4.68 Å². The molecule has 0 aliphatic carbocycles. The van der Waals surface area contributed by atoms with E-state index in [0.717, 1.165) is 0 Å². The summed E-state index contributed by atoms with van der Waals surface area (Å²) >= 11 is 3.23. The van der Waals surface area contributed by atoms with Crippen molar-refractivity contribution in [1.82, 2.24) is 9.78 Å². The van der Waals surface area contributed by atoms with Crippen LogP contribution >= 0.6 is 15.9 Å². The zero-order valence-electron chi connectivity index (χ0n) is 8.62. The van der Waals surface area contributed by atoms with E-state index < -0.39 is 0 Å². The van der Waals surface area contributed by atoms with E-state index in [2.05, 4.69) is 32.3 Å². The van der Waals surface area contributed by atoms with Crippen LogP contribution in [0.15, 0.2) is 15.5 Å². The van der Waals surface area contributed by atoms with E-state index in [0.29, 0.717) is 10.2 Å². The topological polar surface area (TPSA) is 46.9 Å². The molecule has 0 spiro atoms. The zero-order valence-corrected chi connectivity index (χ0v) is 10.2. The monoisotopic (exact) mass is 269 g/mol. The van der Waals surface area contributed by atoms with E-state index in [9.17, 15) is 4.79 Å². The molecule has 1 aromatic heterocycles. The Labute approximate surface area is 96.8 Å². The van der Waals surface area contributed by atoms with Crippen LogP contribution < -0.4 is 10.9 Å². The summed E-state index contributed by atoms with van der Waals surface area (Å²) in [4.78, 5) is 11.7. The van der Waals surface area contributed by atoms with Crippen molar-refractivity contribution in [3.63, 3.8) is 0 Å². The van der Waals surface area contributed by atoms with Crippen molar-refractivity contribution in [2.75, 3.05) is 5.32 Å². The molecule has 0 aliphatic heterocycles. The van der Waals surface area contributed by atoms with Gasteiger partial charge in [-0.15, -0.1) is 6.42 Å². The summed E-state index contributed by atoms with van der Waals surface area (Å²) in [5, 5.41) is 7.06. The van der Waals surface area contributed by atoms with E-state index in [1.807, 2.05) is 13.8 Å². The molecule has 0 atom stereocenters. The summed E-state index contributed by atoms with van der Waals surface area (Å²) in [5.41, 5.74) is 0.460. The van der Waals surface area contributed by atoms with Gasteiger partial charge in [0.2, 0.25) is 0 Å². The number of hydrogen-bond acceptors (Lipinski definition) is 3. The predicted octanol–water partition coefficient (Wildman–Crippen LogP) is 1.46. The third-order valence-corrected chi connectivity index (χ3v) is 2.44. The molecule has 0 amide bonds. The summed E-state index contributed by atoms with van der Waals surface area (Å²) < 4.78 is 1.69. The Kier molecular flexibility index (Phi) is 3.92. The maximum absolute atomic E-state index is 11.7. The Bertz CT molecular complexity index is 445. The van der Waals surface area contributed by atoms with E-state index in [4.69, 9.17) is 6.42 Å². The first-order chi connectivity index (χ1) is 7.06. The molecule has 0 saturated carbocycles. The highest BCUT2D eigenvalue weighted by atomic mass is 79.9. The molecule has 1 N–H and O–H groups in total. The van der Waals surface area contributed by atoms with Crippen molar-refractivity contribution in [2.45, 2.75) is 26.4 Å². The lowest BCUT2D eigenvalue weighted by atomic mass is 10.3. The highest BCUT2D eigenvalue weighted by Gasteiger charge is 2.08.